The molecule has 1 unspecified atom stereocenters. The third-order valence-corrected chi connectivity index (χ3v) is 9.80. The number of benzene rings is 2. The standard InChI is InChI=1S/C26H24Cl3N3O4S/c1-2-37(35,36)26(29)15-18(17-7-4-3-5-8-17)11-12-22(26)32-16-21(25(34)30-13-14-33)31-24(32)23-19(27)9-6-10-20(23)28/h3-12,16,33H,2,13-15H2,1H3,(H,30,34). The first-order valence-electron chi connectivity index (χ1n) is 11.4. The van der Waals surface area contributed by atoms with Gasteiger partial charge in [-0.3, -0.25) is 9.36 Å². The number of carbonyl (C=O) groups excluding carboxylic acids is 1. The Morgan fingerprint density at radius 3 is 2.41 bits per heavy atom. The van der Waals surface area contributed by atoms with Gasteiger partial charge in [0.1, 0.15) is 11.5 Å². The van der Waals surface area contributed by atoms with Crippen molar-refractivity contribution < 1.29 is 18.3 Å². The minimum absolute atomic E-state index is 0.0134. The van der Waals surface area contributed by atoms with Gasteiger partial charge in [0.2, 0.25) is 0 Å². The van der Waals surface area contributed by atoms with Crippen molar-refractivity contribution in [3.05, 3.63) is 88.2 Å². The van der Waals surface area contributed by atoms with Crippen molar-refractivity contribution in [1.82, 2.24) is 14.9 Å². The maximum atomic E-state index is 13.5. The quantitative estimate of drug-likeness (QED) is 0.353. The average Bonchev–Trinajstić information content (AvgIpc) is 3.32. The van der Waals surface area contributed by atoms with Crippen LogP contribution < -0.4 is 5.32 Å². The Morgan fingerprint density at radius 1 is 1.11 bits per heavy atom. The molecular formula is C26H24Cl3N3O4S. The molecule has 0 bridgehead atoms. The highest BCUT2D eigenvalue weighted by Gasteiger charge is 2.48. The van der Waals surface area contributed by atoms with Crippen molar-refractivity contribution in [3.8, 4) is 11.4 Å². The topological polar surface area (TPSA) is 101 Å². The average molecular weight is 581 g/mol. The highest BCUT2D eigenvalue weighted by Crippen LogP contribution is 2.48. The van der Waals surface area contributed by atoms with Gasteiger partial charge in [-0.05, 0) is 29.3 Å². The summed E-state index contributed by atoms with van der Waals surface area (Å²) in [7, 11) is -3.90. The first-order valence-corrected chi connectivity index (χ1v) is 14.2. The summed E-state index contributed by atoms with van der Waals surface area (Å²) in [4.78, 5) is 17.2. The number of hydrogen-bond acceptors (Lipinski definition) is 5. The van der Waals surface area contributed by atoms with E-state index in [1.165, 1.54) is 17.7 Å². The Morgan fingerprint density at radius 2 is 1.78 bits per heavy atom. The van der Waals surface area contributed by atoms with Gasteiger partial charge < -0.3 is 10.4 Å². The van der Waals surface area contributed by atoms with E-state index in [9.17, 15) is 13.2 Å². The molecule has 37 heavy (non-hydrogen) atoms. The van der Waals surface area contributed by atoms with Gasteiger partial charge in [0, 0.05) is 24.9 Å². The Hall–Kier alpha value is -2.62. The molecule has 7 nitrogen and oxygen atoms in total. The van der Waals surface area contributed by atoms with Gasteiger partial charge in [0.25, 0.3) is 5.91 Å². The lowest BCUT2D eigenvalue weighted by atomic mass is 9.95. The Balaban J connectivity index is 1.99. The number of allylic oxidation sites excluding steroid dienone is 3. The van der Waals surface area contributed by atoms with Crippen LogP contribution in [0.4, 0.5) is 0 Å². The summed E-state index contributed by atoms with van der Waals surface area (Å²) in [5.74, 6) is -0.618. The molecule has 1 aromatic heterocycles. The number of aromatic nitrogens is 2. The predicted octanol–water partition coefficient (Wildman–Crippen LogP) is 5.28. The van der Waals surface area contributed by atoms with E-state index < -0.39 is 20.0 Å². The van der Waals surface area contributed by atoms with Crippen LogP contribution >= 0.6 is 34.8 Å². The first-order chi connectivity index (χ1) is 17.6. The minimum atomic E-state index is -3.90. The van der Waals surface area contributed by atoms with Crippen molar-refractivity contribution in [2.45, 2.75) is 17.6 Å². The van der Waals surface area contributed by atoms with Crippen LogP contribution in [-0.4, -0.2) is 52.1 Å². The lowest BCUT2D eigenvalue weighted by Crippen LogP contribution is -2.39. The van der Waals surface area contributed by atoms with E-state index >= 15 is 0 Å². The van der Waals surface area contributed by atoms with Crippen LogP contribution in [0.25, 0.3) is 22.7 Å². The maximum absolute atomic E-state index is 13.5. The van der Waals surface area contributed by atoms with Crippen LogP contribution in [0, 0.1) is 0 Å². The number of carbonyl (C=O) groups is 1. The second-order valence-corrected chi connectivity index (χ2v) is 12.5. The molecule has 0 saturated heterocycles. The minimum Gasteiger partial charge on any atom is -0.395 e. The van der Waals surface area contributed by atoms with Crippen LogP contribution in [0.2, 0.25) is 10.0 Å². The van der Waals surface area contributed by atoms with Gasteiger partial charge in [-0.25, -0.2) is 13.4 Å². The SMILES string of the molecule is CCS(=O)(=O)C1(Cl)CC(c2ccccc2)=CC=C1n1cc(C(=O)NCCO)nc1-c1c(Cl)cccc1Cl. The highest BCUT2D eigenvalue weighted by molar-refractivity contribution is 7.94. The number of nitrogens with zero attached hydrogens (tertiary/aromatic N) is 2. The van der Waals surface area contributed by atoms with E-state index in [2.05, 4.69) is 10.3 Å². The maximum Gasteiger partial charge on any atom is 0.271 e. The van der Waals surface area contributed by atoms with Gasteiger partial charge in [0.05, 0.1) is 27.9 Å². The number of imidazole rings is 1. The first kappa shape index (κ1) is 27.4. The van der Waals surface area contributed by atoms with E-state index in [4.69, 9.17) is 39.9 Å². The molecule has 0 saturated carbocycles. The molecular weight excluding hydrogens is 557 g/mol. The number of alkyl halides is 1. The second-order valence-electron chi connectivity index (χ2n) is 8.31. The van der Waals surface area contributed by atoms with Crippen molar-refractivity contribution in [2.75, 3.05) is 18.9 Å². The van der Waals surface area contributed by atoms with Gasteiger partial charge in [-0.2, -0.15) is 0 Å². The van der Waals surface area contributed by atoms with E-state index in [0.29, 0.717) is 5.56 Å². The Labute approximate surface area is 230 Å². The van der Waals surface area contributed by atoms with E-state index in [-0.39, 0.29) is 52.6 Å². The molecule has 1 aliphatic carbocycles. The molecule has 1 atom stereocenters. The van der Waals surface area contributed by atoms with Crippen LogP contribution in [0.15, 0.2) is 66.9 Å². The van der Waals surface area contributed by atoms with Crippen molar-refractivity contribution in [1.29, 1.82) is 0 Å². The molecule has 0 fully saturated rings. The number of nitrogens with one attached hydrogen (secondary N) is 1. The third kappa shape index (κ3) is 5.22. The molecule has 0 spiro atoms. The second kappa shape index (κ2) is 11.0. The number of halogens is 3. The molecule has 4 rings (SSSR count). The molecule has 2 aromatic carbocycles. The summed E-state index contributed by atoms with van der Waals surface area (Å²) in [5, 5.41) is 12.2. The molecule has 2 N–H and O–H groups in total. The summed E-state index contributed by atoms with van der Waals surface area (Å²) in [6, 6.07) is 14.3. The monoisotopic (exact) mass is 579 g/mol. The van der Waals surface area contributed by atoms with E-state index in [1.807, 2.05) is 30.3 Å². The fourth-order valence-corrected chi connectivity index (χ4v) is 6.64. The zero-order valence-corrected chi connectivity index (χ0v) is 22.9. The zero-order valence-electron chi connectivity index (χ0n) is 19.8. The normalized spacial score (nSPS) is 17.8. The summed E-state index contributed by atoms with van der Waals surface area (Å²) < 4.78 is 26.6. The largest absolute Gasteiger partial charge is 0.395 e. The fraction of sp³-hybridized carbons (Fsp3) is 0.231. The van der Waals surface area contributed by atoms with Crippen molar-refractivity contribution in [3.63, 3.8) is 0 Å². The number of amides is 1. The Bertz CT molecular complexity index is 1480. The number of aliphatic hydroxyl groups is 1. The highest BCUT2D eigenvalue weighted by atomic mass is 35.5. The fourth-order valence-electron chi connectivity index (χ4n) is 4.13. The predicted molar refractivity (Wildman–Crippen MR) is 148 cm³/mol. The van der Waals surface area contributed by atoms with E-state index in [0.717, 1.165) is 11.1 Å². The summed E-state index contributed by atoms with van der Waals surface area (Å²) in [5.41, 5.74) is 2.08. The smallest absolute Gasteiger partial charge is 0.271 e. The van der Waals surface area contributed by atoms with Crippen molar-refractivity contribution >= 4 is 61.8 Å². The third-order valence-electron chi connectivity index (χ3n) is 6.04. The molecule has 11 heteroatoms. The van der Waals surface area contributed by atoms with Gasteiger partial charge in [0.15, 0.2) is 14.0 Å². The summed E-state index contributed by atoms with van der Waals surface area (Å²) >= 11 is 20.0. The van der Waals surface area contributed by atoms with Gasteiger partial charge in [-0.15, -0.1) is 0 Å². The summed E-state index contributed by atoms with van der Waals surface area (Å²) in [6.07, 6.45) is 4.81. The number of aliphatic hydroxyl groups excluding tert-OH is 1. The van der Waals surface area contributed by atoms with Crippen LogP contribution in [0.3, 0.4) is 0 Å². The van der Waals surface area contributed by atoms with Gasteiger partial charge >= 0.3 is 0 Å². The van der Waals surface area contributed by atoms with E-state index in [1.54, 1.807) is 30.4 Å². The lowest BCUT2D eigenvalue weighted by molar-refractivity contribution is 0.0940. The van der Waals surface area contributed by atoms with Crippen molar-refractivity contribution in [2.24, 2.45) is 0 Å². The molecule has 1 amide bonds. The Kier molecular flexibility index (Phi) is 8.16. The van der Waals surface area contributed by atoms with Crippen LogP contribution in [0.5, 0.6) is 0 Å². The van der Waals surface area contributed by atoms with Gasteiger partial charge in [-0.1, -0.05) is 84.2 Å². The van der Waals surface area contributed by atoms with Crippen LogP contribution in [0.1, 0.15) is 29.4 Å². The molecule has 1 aliphatic rings. The molecule has 194 valence electrons. The lowest BCUT2D eigenvalue weighted by Gasteiger charge is -2.34. The summed E-state index contributed by atoms with van der Waals surface area (Å²) in [6.45, 7) is 1.29. The number of hydrogen-bond donors (Lipinski definition) is 2. The number of rotatable bonds is 8. The molecule has 0 aliphatic heterocycles. The molecule has 1 heterocycles. The zero-order chi connectivity index (χ0) is 26.8. The van der Waals surface area contributed by atoms with Crippen LogP contribution in [-0.2, 0) is 9.84 Å². The molecule has 0 radical (unpaired) electrons. The molecule has 3 aromatic rings. The number of sulfone groups is 1.